The molecule has 2 rings (SSSR count). The van der Waals surface area contributed by atoms with Gasteiger partial charge in [-0.2, -0.15) is 5.26 Å². The Morgan fingerprint density at radius 3 is 2.60 bits per heavy atom. The molecule has 20 heavy (non-hydrogen) atoms. The van der Waals surface area contributed by atoms with Crippen molar-refractivity contribution < 1.29 is 8.42 Å². The second-order valence-electron chi connectivity index (χ2n) is 4.06. The zero-order valence-corrected chi connectivity index (χ0v) is 13.4. The fourth-order valence-electron chi connectivity index (χ4n) is 1.56. The van der Waals surface area contributed by atoms with Crippen LogP contribution in [0.5, 0.6) is 0 Å². The number of halogens is 1. The van der Waals surface area contributed by atoms with Crippen LogP contribution in [0.15, 0.2) is 41.4 Å². The van der Waals surface area contributed by atoms with Gasteiger partial charge in [0.2, 0.25) is 0 Å². The van der Waals surface area contributed by atoms with Crippen LogP contribution in [0.4, 0.5) is 5.82 Å². The minimum absolute atomic E-state index is 0.106. The molecule has 1 N–H and O–H groups in total. The minimum atomic E-state index is -3.70. The average molecular weight is 399 g/mol. The van der Waals surface area contributed by atoms with Crippen molar-refractivity contribution in [2.24, 2.45) is 0 Å². The Morgan fingerprint density at radius 1 is 1.30 bits per heavy atom. The van der Waals surface area contributed by atoms with E-state index in [1.165, 1.54) is 18.2 Å². The number of anilines is 1. The molecule has 5 nitrogen and oxygen atoms in total. The zero-order chi connectivity index (χ0) is 14.8. The predicted molar refractivity (Wildman–Crippen MR) is 83.7 cm³/mol. The standard InChI is InChI=1S/C13H10IN3O2S/c1-9-6-12(4-2-10(9)7-15)20(18,19)17-13-5-3-11(14)8-16-13/h2-6,8H,1H3,(H,16,17). The van der Waals surface area contributed by atoms with Gasteiger partial charge in [0.05, 0.1) is 16.5 Å². The van der Waals surface area contributed by atoms with E-state index in [4.69, 9.17) is 5.26 Å². The van der Waals surface area contributed by atoms with Crippen molar-refractivity contribution in [3.63, 3.8) is 0 Å². The summed E-state index contributed by atoms with van der Waals surface area (Å²) in [6.07, 6.45) is 1.57. The lowest BCUT2D eigenvalue weighted by atomic mass is 10.1. The normalized spacial score (nSPS) is 10.8. The number of rotatable bonds is 3. The monoisotopic (exact) mass is 399 g/mol. The van der Waals surface area contributed by atoms with Gasteiger partial charge in [0.25, 0.3) is 10.0 Å². The van der Waals surface area contributed by atoms with E-state index in [9.17, 15) is 8.42 Å². The molecular weight excluding hydrogens is 389 g/mol. The summed E-state index contributed by atoms with van der Waals surface area (Å²) < 4.78 is 27.7. The van der Waals surface area contributed by atoms with Crippen molar-refractivity contribution in [3.05, 3.63) is 51.2 Å². The molecule has 1 aromatic heterocycles. The molecule has 0 atom stereocenters. The number of nitrogens with zero attached hydrogens (tertiary/aromatic N) is 2. The van der Waals surface area contributed by atoms with Crippen molar-refractivity contribution in [1.82, 2.24) is 4.98 Å². The van der Waals surface area contributed by atoms with Crippen molar-refractivity contribution >= 4 is 38.4 Å². The fourth-order valence-corrected chi connectivity index (χ4v) is 2.97. The second-order valence-corrected chi connectivity index (χ2v) is 6.98. The van der Waals surface area contributed by atoms with Gasteiger partial charge in [-0.3, -0.25) is 4.72 Å². The van der Waals surface area contributed by atoms with Gasteiger partial charge in [0.15, 0.2) is 0 Å². The molecule has 0 fully saturated rings. The smallest absolute Gasteiger partial charge is 0.263 e. The van der Waals surface area contributed by atoms with E-state index in [-0.39, 0.29) is 10.7 Å². The van der Waals surface area contributed by atoms with E-state index in [0.717, 1.165) is 3.57 Å². The topological polar surface area (TPSA) is 82.8 Å². The molecule has 102 valence electrons. The molecule has 0 radical (unpaired) electrons. The number of nitrogens with one attached hydrogen (secondary N) is 1. The van der Waals surface area contributed by atoms with E-state index < -0.39 is 10.0 Å². The first kappa shape index (κ1) is 14.7. The average Bonchev–Trinajstić information content (AvgIpc) is 2.41. The van der Waals surface area contributed by atoms with E-state index >= 15 is 0 Å². The number of aromatic nitrogens is 1. The van der Waals surface area contributed by atoms with Crippen LogP contribution in [0.25, 0.3) is 0 Å². The Bertz CT molecular complexity index is 780. The van der Waals surface area contributed by atoms with Gasteiger partial charge < -0.3 is 0 Å². The molecule has 0 saturated carbocycles. The molecule has 0 saturated heterocycles. The summed E-state index contributed by atoms with van der Waals surface area (Å²) >= 11 is 2.09. The Kier molecular flexibility index (Phi) is 4.25. The molecule has 1 heterocycles. The number of benzene rings is 1. The van der Waals surface area contributed by atoms with Gasteiger partial charge in [-0.15, -0.1) is 0 Å². The van der Waals surface area contributed by atoms with Crippen LogP contribution in [0.3, 0.4) is 0 Å². The van der Waals surface area contributed by atoms with Crippen molar-refractivity contribution in [2.45, 2.75) is 11.8 Å². The number of nitriles is 1. The second kappa shape index (κ2) is 5.76. The van der Waals surface area contributed by atoms with Gasteiger partial charge in [0.1, 0.15) is 5.82 Å². The highest BCUT2D eigenvalue weighted by Crippen LogP contribution is 2.18. The zero-order valence-electron chi connectivity index (χ0n) is 10.5. The van der Waals surface area contributed by atoms with Gasteiger partial charge in [-0.1, -0.05) is 0 Å². The highest BCUT2D eigenvalue weighted by Gasteiger charge is 2.15. The molecule has 0 aliphatic heterocycles. The summed E-state index contributed by atoms with van der Waals surface area (Å²) in [5.41, 5.74) is 1.07. The first-order valence-corrected chi connectivity index (χ1v) is 8.14. The number of hydrogen-bond donors (Lipinski definition) is 1. The first-order valence-electron chi connectivity index (χ1n) is 5.57. The quantitative estimate of drug-likeness (QED) is 0.805. The Balaban J connectivity index is 2.33. The molecule has 7 heteroatoms. The van der Waals surface area contributed by atoms with E-state index in [1.54, 1.807) is 25.3 Å². The van der Waals surface area contributed by atoms with Crippen molar-refractivity contribution in [3.8, 4) is 6.07 Å². The third kappa shape index (κ3) is 3.26. The van der Waals surface area contributed by atoms with E-state index in [2.05, 4.69) is 32.3 Å². The Labute approximate surface area is 130 Å². The molecule has 1 aromatic carbocycles. The number of hydrogen-bond acceptors (Lipinski definition) is 4. The van der Waals surface area contributed by atoms with E-state index in [1.807, 2.05) is 6.07 Å². The number of aryl methyl sites for hydroxylation is 1. The van der Waals surface area contributed by atoms with Crippen molar-refractivity contribution in [1.29, 1.82) is 5.26 Å². The molecular formula is C13H10IN3O2S. The summed E-state index contributed by atoms with van der Waals surface area (Å²) in [4.78, 5) is 4.10. The number of pyridine rings is 1. The molecule has 0 aliphatic carbocycles. The third-order valence-electron chi connectivity index (χ3n) is 2.59. The lowest BCUT2D eigenvalue weighted by molar-refractivity contribution is 0.601. The SMILES string of the molecule is Cc1cc(S(=O)(=O)Nc2ccc(I)cn2)ccc1C#N. The molecule has 0 unspecified atom stereocenters. The van der Waals surface area contributed by atoms with Crippen LogP contribution in [-0.4, -0.2) is 13.4 Å². The van der Waals surface area contributed by atoms with Gasteiger partial charge in [-0.25, -0.2) is 13.4 Å². The number of sulfonamides is 1. The van der Waals surface area contributed by atoms with Gasteiger partial charge >= 0.3 is 0 Å². The van der Waals surface area contributed by atoms with Gasteiger partial charge in [-0.05, 0) is 65.4 Å². The molecule has 0 aliphatic rings. The lowest BCUT2D eigenvalue weighted by Crippen LogP contribution is -2.14. The Morgan fingerprint density at radius 2 is 2.05 bits per heavy atom. The summed E-state index contributed by atoms with van der Waals surface area (Å²) in [5.74, 6) is 0.257. The fraction of sp³-hybridized carbons (Fsp3) is 0.0769. The predicted octanol–water partition coefficient (Wildman–Crippen LogP) is 2.67. The molecule has 0 bridgehead atoms. The lowest BCUT2D eigenvalue weighted by Gasteiger charge is -2.08. The van der Waals surface area contributed by atoms with Crippen LogP contribution in [0, 0.1) is 21.8 Å². The molecule has 2 aromatic rings. The summed E-state index contributed by atoms with van der Waals surface area (Å²) in [6.45, 7) is 1.70. The third-order valence-corrected chi connectivity index (χ3v) is 4.59. The van der Waals surface area contributed by atoms with Crippen LogP contribution < -0.4 is 4.72 Å². The first-order chi connectivity index (χ1) is 9.42. The Hall–Kier alpha value is -1.66. The maximum Gasteiger partial charge on any atom is 0.263 e. The summed E-state index contributed by atoms with van der Waals surface area (Å²) in [6, 6.07) is 9.71. The highest BCUT2D eigenvalue weighted by atomic mass is 127. The summed E-state index contributed by atoms with van der Waals surface area (Å²) in [5, 5.41) is 8.85. The van der Waals surface area contributed by atoms with Crippen LogP contribution in [0.1, 0.15) is 11.1 Å². The molecule has 0 spiro atoms. The molecule has 0 amide bonds. The van der Waals surface area contributed by atoms with Crippen LogP contribution in [-0.2, 0) is 10.0 Å². The van der Waals surface area contributed by atoms with E-state index in [0.29, 0.717) is 11.1 Å². The highest BCUT2D eigenvalue weighted by molar-refractivity contribution is 14.1. The van der Waals surface area contributed by atoms with Crippen LogP contribution in [0.2, 0.25) is 0 Å². The minimum Gasteiger partial charge on any atom is -0.263 e. The largest absolute Gasteiger partial charge is 0.263 e. The van der Waals surface area contributed by atoms with Gasteiger partial charge in [0, 0.05) is 9.77 Å². The maximum atomic E-state index is 12.2. The summed E-state index contributed by atoms with van der Waals surface area (Å²) in [7, 11) is -3.70. The maximum absolute atomic E-state index is 12.2. The van der Waals surface area contributed by atoms with Crippen LogP contribution >= 0.6 is 22.6 Å². The van der Waals surface area contributed by atoms with Crippen molar-refractivity contribution in [2.75, 3.05) is 4.72 Å².